The van der Waals surface area contributed by atoms with Gasteiger partial charge >= 0.3 is 0 Å². The van der Waals surface area contributed by atoms with Gasteiger partial charge in [-0.3, -0.25) is 0 Å². The Labute approximate surface area is 130 Å². The number of rotatable bonds is 7. The molecule has 0 spiro atoms. The maximum absolute atomic E-state index is 5.97. The highest BCUT2D eigenvalue weighted by Crippen LogP contribution is 2.17. The first-order valence-electron chi connectivity index (χ1n) is 7.32. The van der Waals surface area contributed by atoms with Crippen molar-refractivity contribution in [3.8, 4) is 0 Å². The van der Waals surface area contributed by atoms with Crippen LogP contribution in [0.3, 0.4) is 0 Å². The Hall–Kier alpha value is -1.39. The van der Waals surface area contributed by atoms with Crippen LogP contribution in [-0.2, 0) is 12.8 Å². The molecule has 0 aliphatic carbocycles. The highest BCUT2D eigenvalue weighted by atomic mass is 35.5. The lowest BCUT2D eigenvalue weighted by Gasteiger charge is -2.14. The Bertz CT molecular complexity index is 568. The molecule has 0 aliphatic heterocycles. The molecule has 0 fully saturated rings. The van der Waals surface area contributed by atoms with E-state index in [1.165, 1.54) is 0 Å². The van der Waals surface area contributed by atoms with Gasteiger partial charge in [-0.1, -0.05) is 42.7 Å². The van der Waals surface area contributed by atoms with Gasteiger partial charge in [0.1, 0.15) is 0 Å². The van der Waals surface area contributed by atoms with E-state index in [0.717, 1.165) is 23.4 Å². The van der Waals surface area contributed by atoms with Crippen LogP contribution in [0, 0.1) is 11.8 Å². The summed E-state index contributed by atoms with van der Waals surface area (Å²) < 4.78 is 5.33. The van der Waals surface area contributed by atoms with Crippen molar-refractivity contribution < 1.29 is 4.52 Å². The van der Waals surface area contributed by atoms with Gasteiger partial charge in [-0.05, 0) is 42.5 Å². The Morgan fingerprint density at radius 2 is 2.14 bits per heavy atom. The summed E-state index contributed by atoms with van der Waals surface area (Å²) in [4.78, 5) is 4.45. The molecule has 2 rings (SSSR count). The Kier molecular flexibility index (Phi) is 5.76. The number of nitrogens with zero attached hydrogens (tertiary/aromatic N) is 2. The van der Waals surface area contributed by atoms with Crippen LogP contribution in [0.15, 0.2) is 28.8 Å². The Morgan fingerprint density at radius 3 is 2.81 bits per heavy atom. The van der Waals surface area contributed by atoms with Crippen LogP contribution in [0.2, 0.25) is 5.02 Å². The lowest BCUT2D eigenvalue weighted by atomic mass is 9.94. The summed E-state index contributed by atoms with van der Waals surface area (Å²) >= 11 is 5.97. The van der Waals surface area contributed by atoms with Gasteiger partial charge in [0.05, 0.1) is 0 Å². The number of nitrogens with two attached hydrogens (primary N) is 1. The van der Waals surface area contributed by atoms with Crippen molar-refractivity contribution in [2.24, 2.45) is 17.6 Å². The van der Waals surface area contributed by atoms with Gasteiger partial charge in [-0.15, -0.1) is 0 Å². The maximum Gasteiger partial charge on any atom is 0.226 e. The normalized spacial score (nSPS) is 12.8. The van der Waals surface area contributed by atoms with Gasteiger partial charge in [0.2, 0.25) is 5.89 Å². The fraction of sp³-hybridized carbons (Fsp3) is 0.500. The zero-order chi connectivity index (χ0) is 15.2. The minimum Gasteiger partial charge on any atom is -0.339 e. The Balaban J connectivity index is 1.97. The SMILES string of the molecule is CC(C)CC(CN)Cc1nc(Cc2cccc(Cl)c2)no1. The fourth-order valence-corrected chi connectivity index (χ4v) is 2.66. The van der Waals surface area contributed by atoms with Gasteiger partial charge in [0.15, 0.2) is 5.82 Å². The second-order valence-corrected chi connectivity index (χ2v) is 6.28. The zero-order valence-corrected chi connectivity index (χ0v) is 13.3. The number of aromatic nitrogens is 2. The first kappa shape index (κ1) is 16.0. The molecule has 2 N–H and O–H groups in total. The number of halogens is 1. The van der Waals surface area contributed by atoms with E-state index in [-0.39, 0.29) is 0 Å². The fourth-order valence-electron chi connectivity index (χ4n) is 2.45. The van der Waals surface area contributed by atoms with Crippen LogP contribution >= 0.6 is 11.6 Å². The average molecular weight is 308 g/mol. The standard InChI is InChI=1S/C16H22ClN3O/c1-11(2)6-13(10-18)9-16-19-15(20-21-16)8-12-4-3-5-14(17)7-12/h3-5,7,11,13H,6,8-10,18H2,1-2H3. The average Bonchev–Trinajstić information content (AvgIpc) is 2.84. The predicted molar refractivity (Wildman–Crippen MR) is 84.3 cm³/mol. The predicted octanol–water partition coefficient (Wildman–Crippen LogP) is 3.48. The molecule has 2 aromatic rings. The zero-order valence-electron chi connectivity index (χ0n) is 12.6. The maximum atomic E-state index is 5.97. The van der Waals surface area contributed by atoms with Crippen LogP contribution in [-0.4, -0.2) is 16.7 Å². The molecule has 4 nitrogen and oxygen atoms in total. The van der Waals surface area contributed by atoms with E-state index in [1.807, 2.05) is 24.3 Å². The van der Waals surface area contributed by atoms with Gasteiger partial charge in [0, 0.05) is 17.9 Å². The molecule has 5 heteroatoms. The molecule has 0 saturated heterocycles. The first-order chi connectivity index (χ1) is 10.1. The van der Waals surface area contributed by atoms with E-state index in [0.29, 0.717) is 36.5 Å². The largest absolute Gasteiger partial charge is 0.339 e. The van der Waals surface area contributed by atoms with Crippen LogP contribution in [0.25, 0.3) is 0 Å². The quantitative estimate of drug-likeness (QED) is 0.850. The Morgan fingerprint density at radius 1 is 1.33 bits per heavy atom. The van der Waals surface area contributed by atoms with Crippen molar-refractivity contribution in [1.29, 1.82) is 0 Å². The molecule has 1 aromatic carbocycles. The van der Waals surface area contributed by atoms with E-state index in [4.69, 9.17) is 21.9 Å². The van der Waals surface area contributed by atoms with Crippen LogP contribution < -0.4 is 5.73 Å². The molecule has 1 unspecified atom stereocenters. The summed E-state index contributed by atoms with van der Waals surface area (Å²) in [7, 11) is 0. The molecule has 0 saturated carbocycles. The number of hydrogen-bond donors (Lipinski definition) is 1. The monoisotopic (exact) mass is 307 g/mol. The van der Waals surface area contributed by atoms with Crippen molar-refractivity contribution >= 4 is 11.6 Å². The lowest BCUT2D eigenvalue weighted by Crippen LogP contribution is -2.19. The third kappa shape index (κ3) is 5.14. The van der Waals surface area contributed by atoms with Crippen molar-refractivity contribution in [1.82, 2.24) is 10.1 Å². The summed E-state index contributed by atoms with van der Waals surface area (Å²) in [5, 5.41) is 4.76. The molecule has 114 valence electrons. The summed E-state index contributed by atoms with van der Waals surface area (Å²) in [6.45, 7) is 5.03. The molecule has 0 radical (unpaired) electrons. The van der Waals surface area contributed by atoms with E-state index in [9.17, 15) is 0 Å². The molecule has 21 heavy (non-hydrogen) atoms. The van der Waals surface area contributed by atoms with E-state index in [2.05, 4.69) is 24.0 Å². The topological polar surface area (TPSA) is 64.9 Å². The minimum absolute atomic E-state index is 0.393. The van der Waals surface area contributed by atoms with Crippen LogP contribution in [0.4, 0.5) is 0 Å². The molecule has 1 atom stereocenters. The molecule has 1 aromatic heterocycles. The molecular weight excluding hydrogens is 286 g/mol. The van der Waals surface area contributed by atoms with Crippen molar-refractivity contribution in [3.05, 3.63) is 46.6 Å². The summed E-state index contributed by atoms with van der Waals surface area (Å²) in [5.41, 5.74) is 6.89. The summed E-state index contributed by atoms with van der Waals surface area (Å²) in [5.74, 6) is 2.37. The van der Waals surface area contributed by atoms with Crippen molar-refractivity contribution in [2.45, 2.75) is 33.1 Å². The van der Waals surface area contributed by atoms with Crippen molar-refractivity contribution in [3.63, 3.8) is 0 Å². The van der Waals surface area contributed by atoms with Crippen LogP contribution in [0.1, 0.15) is 37.5 Å². The van der Waals surface area contributed by atoms with E-state index >= 15 is 0 Å². The van der Waals surface area contributed by atoms with Gasteiger partial charge < -0.3 is 10.3 Å². The van der Waals surface area contributed by atoms with Gasteiger partial charge in [-0.2, -0.15) is 4.98 Å². The smallest absolute Gasteiger partial charge is 0.226 e. The third-order valence-electron chi connectivity index (χ3n) is 3.36. The third-order valence-corrected chi connectivity index (χ3v) is 3.60. The highest BCUT2D eigenvalue weighted by molar-refractivity contribution is 6.30. The summed E-state index contributed by atoms with van der Waals surface area (Å²) in [6, 6.07) is 7.69. The molecule has 0 amide bonds. The van der Waals surface area contributed by atoms with Crippen molar-refractivity contribution in [2.75, 3.05) is 6.54 Å². The second-order valence-electron chi connectivity index (χ2n) is 5.85. The second kappa shape index (κ2) is 7.57. The molecule has 1 heterocycles. The summed E-state index contributed by atoms with van der Waals surface area (Å²) in [6.07, 6.45) is 2.45. The minimum atomic E-state index is 0.393. The molecule has 0 aliphatic rings. The first-order valence-corrected chi connectivity index (χ1v) is 7.70. The van der Waals surface area contributed by atoms with Crippen LogP contribution in [0.5, 0.6) is 0 Å². The van der Waals surface area contributed by atoms with E-state index < -0.39 is 0 Å². The van der Waals surface area contributed by atoms with Gasteiger partial charge in [-0.25, -0.2) is 0 Å². The number of hydrogen-bond acceptors (Lipinski definition) is 4. The lowest BCUT2D eigenvalue weighted by molar-refractivity contribution is 0.329. The number of benzene rings is 1. The molecular formula is C16H22ClN3O. The highest BCUT2D eigenvalue weighted by Gasteiger charge is 2.15. The van der Waals surface area contributed by atoms with E-state index in [1.54, 1.807) is 0 Å². The van der Waals surface area contributed by atoms with Gasteiger partial charge in [0.25, 0.3) is 0 Å². The molecule has 0 bridgehead atoms.